The number of hydrogen-bond donors (Lipinski definition) is 0. The zero-order valence-corrected chi connectivity index (χ0v) is 9.83. The lowest BCUT2D eigenvalue weighted by Crippen LogP contribution is -2.68. The van der Waals surface area contributed by atoms with Crippen LogP contribution in [0.15, 0.2) is 4.99 Å². The molecule has 0 bridgehead atoms. The number of nitrogens with zero attached hydrogens (tertiary/aromatic N) is 1. The average molecular weight is 207 g/mol. The SMILES string of the molecule is CC1(C)[C@H]2N=COC2C12CCCCCC2. The molecule has 0 saturated heterocycles. The van der Waals surface area contributed by atoms with Crippen LogP contribution in [-0.4, -0.2) is 18.5 Å². The summed E-state index contributed by atoms with van der Waals surface area (Å²) in [5, 5.41) is 0. The monoisotopic (exact) mass is 207 g/mol. The maximum absolute atomic E-state index is 5.74. The zero-order chi connectivity index (χ0) is 10.5. The molecule has 2 heteroatoms. The molecule has 84 valence electrons. The van der Waals surface area contributed by atoms with Crippen LogP contribution in [0.3, 0.4) is 0 Å². The van der Waals surface area contributed by atoms with Gasteiger partial charge in [-0.1, -0.05) is 39.5 Å². The van der Waals surface area contributed by atoms with Gasteiger partial charge in [0, 0.05) is 10.8 Å². The molecule has 3 aliphatic rings. The predicted molar refractivity (Wildman–Crippen MR) is 61.1 cm³/mol. The summed E-state index contributed by atoms with van der Waals surface area (Å²) in [5.74, 6) is 0. The molecule has 1 unspecified atom stereocenters. The second kappa shape index (κ2) is 2.99. The molecule has 1 spiro atoms. The molecule has 0 aromatic rings. The van der Waals surface area contributed by atoms with Crippen molar-refractivity contribution in [3.63, 3.8) is 0 Å². The van der Waals surface area contributed by atoms with Crippen molar-refractivity contribution in [2.24, 2.45) is 15.8 Å². The first-order valence-corrected chi connectivity index (χ1v) is 6.36. The van der Waals surface area contributed by atoms with Crippen molar-refractivity contribution in [3.05, 3.63) is 0 Å². The largest absolute Gasteiger partial charge is 0.477 e. The van der Waals surface area contributed by atoms with Gasteiger partial charge in [-0.2, -0.15) is 0 Å². The maximum atomic E-state index is 5.74. The topological polar surface area (TPSA) is 21.6 Å². The third-order valence-electron chi connectivity index (χ3n) is 5.28. The van der Waals surface area contributed by atoms with E-state index in [1.807, 2.05) is 0 Å². The molecule has 2 atom stereocenters. The van der Waals surface area contributed by atoms with E-state index < -0.39 is 0 Å². The van der Waals surface area contributed by atoms with Crippen LogP contribution in [0.5, 0.6) is 0 Å². The van der Waals surface area contributed by atoms with Crippen LogP contribution in [0.25, 0.3) is 0 Å². The summed E-state index contributed by atoms with van der Waals surface area (Å²) in [5.41, 5.74) is 0.791. The van der Waals surface area contributed by atoms with Crippen molar-refractivity contribution in [2.75, 3.05) is 0 Å². The van der Waals surface area contributed by atoms with E-state index in [1.165, 1.54) is 38.5 Å². The van der Waals surface area contributed by atoms with Gasteiger partial charge in [0.2, 0.25) is 0 Å². The fourth-order valence-corrected chi connectivity index (χ4v) is 4.17. The fraction of sp³-hybridized carbons (Fsp3) is 0.923. The average Bonchev–Trinajstić information content (AvgIpc) is 2.53. The van der Waals surface area contributed by atoms with Gasteiger partial charge in [0.05, 0.1) is 6.04 Å². The van der Waals surface area contributed by atoms with Gasteiger partial charge in [0.1, 0.15) is 6.10 Å². The minimum absolute atomic E-state index is 0.356. The molecule has 0 aromatic heterocycles. The van der Waals surface area contributed by atoms with Gasteiger partial charge in [0.25, 0.3) is 0 Å². The van der Waals surface area contributed by atoms with Crippen LogP contribution >= 0.6 is 0 Å². The Balaban J connectivity index is 1.90. The smallest absolute Gasteiger partial charge is 0.170 e. The summed E-state index contributed by atoms with van der Waals surface area (Å²) in [6, 6.07) is 0.440. The normalized spacial score (nSPS) is 40.4. The Kier molecular flexibility index (Phi) is 1.93. The summed E-state index contributed by atoms with van der Waals surface area (Å²) in [6.07, 6.45) is 10.4. The molecular weight excluding hydrogens is 186 g/mol. The highest BCUT2D eigenvalue weighted by Gasteiger charge is 2.69. The zero-order valence-electron chi connectivity index (χ0n) is 9.83. The minimum atomic E-state index is 0.356. The Bertz CT molecular complexity index is 287. The standard InChI is InChI=1S/C13H21NO/c1-12(2)10-11(15-9-14-10)13(12)7-5-3-4-6-8-13/h9-11H,3-8H2,1-2H3/t10-,11?/m0/s1. The van der Waals surface area contributed by atoms with Gasteiger partial charge < -0.3 is 4.74 Å². The van der Waals surface area contributed by atoms with Crippen LogP contribution in [-0.2, 0) is 4.74 Å². The van der Waals surface area contributed by atoms with Gasteiger partial charge in [-0.25, -0.2) is 0 Å². The van der Waals surface area contributed by atoms with Gasteiger partial charge in [-0.15, -0.1) is 0 Å². The van der Waals surface area contributed by atoms with E-state index in [2.05, 4.69) is 18.8 Å². The van der Waals surface area contributed by atoms with E-state index in [0.717, 1.165) is 0 Å². The molecule has 15 heavy (non-hydrogen) atoms. The summed E-state index contributed by atoms with van der Waals surface area (Å²) >= 11 is 0. The highest BCUT2D eigenvalue weighted by Crippen LogP contribution is 2.65. The third-order valence-corrected chi connectivity index (χ3v) is 5.28. The van der Waals surface area contributed by atoms with E-state index in [-0.39, 0.29) is 0 Å². The van der Waals surface area contributed by atoms with Crippen LogP contribution in [0.1, 0.15) is 52.4 Å². The Labute approximate surface area is 92.1 Å². The Morgan fingerprint density at radius 2 is 1.80 bits per heavy atom. The van der Waals surface area contributed by atoms with Gasteiger partial charge in [-0.3, -0.25) is 4.99 Å². The highest BCUT2D eigenvalue weighted by molar-refractivity contribution is 5.53. The van der Waals surface area contributed by atoms with Crippen LogP contribution in [0.4, 0.5) is 0 Å². The van der Waals surface area contributed by atoms with E-state index >= 15 is 0 Å². The lowest BCUT2D eigenvalue weighted by Gasteiger charge is -2.62. The first kappa shape index (κ1) is 9.68. The van der Waals surface area contributed by atoms with Crippen molar-refractivity contribution in [1.82, 2.24) is 0 Å². The molecule has 2 nitrogen and oxygen atoms in total. The summed E-state index contributed by atoms with van der Waals surface area (Å²) in [6.45, 7) is 4.79. The summed E-state index contributed by atoms with van der Waals surface area (Å²) < 4.78 is 5.74. The minimum Gasteiger partial charge on any atom is -0.477 e. The summed E-state index contributed by atoms with van der Waals surface area (Å²) in [4.78, 5) is 4.49. The van der Waals surface area contributed by atoms with E-state index in [0.29, 0.717) is 23.0 Å². The highest BCUT2D eigenvalue weighted by atomic mass is 16.5. The van der Waals surface area contributed by atoms with Crippen molar-refractivity contribution in [3.8, 4) is 0 Å². The maximum Gasteiger partial charge on any atom is 0.170 e. The Hall–Kier alpha value is -0.530. The third kappa shape index (κ3) is 1.03. The van der Waals surface area contributed by atoms with Crippen molar-refractivity contribution in [2.45, 2.75) is 64.5 Å². The second-order valence-electron chi connectivity index (χ2n) is 6.05. The Morgan fingerprint density at radius 1 is 1.13 bits per heavy atom. The number of aliphatic imine (C=N–C) groups is 1. The molecule has 3 rings (SSSR count). The Morgan fingerprint density at radius 3 is 2.47 bits per heavy atom. The molecule has 2 saturated carbocycles. The van der Waals surface area contributed by atoms with Gasteiger partial charge in [0.15, 0.2) is 6.40 Å². The van der Waals surface area contributed by atoms with Gasteiger partial charge in [-0.05, 0) is 12.8 Å². The number of hydrogen-bond acceptors (Lipinski definition) is 2. The second-order valence-corrected chi connectivity index (χ2v) is 6.05. The van der Waals surface area contributed by atoms with E-state index in [4.69, 9.17) is 4.74 Å². The quantitative estimate of drug-likeness (QED) is 0.598. The fourth-order valence-electron chi connectivity index (χ4n) is 4.17. The van der Waals surface area contributed by atoms with Crippen LogP contribution in [0.2, 0.25) is 0 Å². The van der Waals surface area contributed by atoms with Crippen molar-refractivity contribution >= 4 is 6.40 Å². The van der Waals surface area contributed by atoms with Crippen molar-refractivity contribution < 1.29 is 4.74 Å². The molecule has 1 aliphatic heterocycles. The molecular formula is C13H21NO. The number of fused-ring (bicyclic) bond motifs is 2. The number of ether oxygens (including phenoxy) is 1. The van der Waals surface area contributed by atoms with Crippen molar-refractivity contribution in [1.29, 1.82) is 0 Å². The first-order valence-electron chi connectivity index (χ1n) is 6.36. The molecule has 2 fully saturated rings. The molecule has 1 heterocycles. The molecule has 2 aliphatic carbocycles. The van der Waals surface area contributed by atoms with E-state index in [1.54, 1.807) is 6.40 Å². The lowest BCUT2D eigenvalue weighted by molar-refractivity contribution is -0.177. The lowest BCUT2D eigenvalue weighted by atomic mass is 9.44. The summed E-state index contributed by atoms with van der Waals surface area (Å²) in [7, 11) is 0. The van der Waals surface area contributed by atoms with Crippen LogP contribution < -0.4 is 0 Å². The number of rotatable bonds is 0. The molecule has 0 aromatic carbocycles. The predicted octanol–water partition coefficient (Wildman–Crippen LogP) is 3.16. The first-order chi connectivity index (χ1) is 7.18. The molecule has 0 amide bonds. The van der Waals surface area contributed by atoms with Crippen LogP contribution in [0, 0.1) is 10.8 Å². The molecule has 0 N–H and O–H groups in total. The van der Waals surface area contributed by atoms with E-state index in [9.17, 15) is 0 Å². The molecule has 0 radical (unpaired) electrons. The van der Waals surface area contributed by atoms with Gasteiger partial charge >= 0.3 is 0 Å².